The van der Waals surface area contributed by atoms with Gasteiger partial charge in [-0.1, -0.05) is 0 Å². The molecule has 1 heterocycles. The summed E-state index contributed by atoms with van der Waals surface area (Å²) in [5, 5.41) is 5.71. The van der Waals surface area contributed by atoms with Gasteiger partial charge < -0.3 is 19.5 Å². The normalized spacial score (nSPS) is 10.7. The zero-order chi connectivity index (χ0) is 19.9. The summed E-state index contributed by atoms with van der Waals surface area (Å²) in [6.45, 7) is 0. The van der Waals surface area contributed by atoms with Crippen molar-refractivity contribution in [3.05, 3.63) is 59.6 Å². The number of ether oxygens (including phenoxy) is 3. The van der Waals surface area contributed by atoms with Crippen molar-refractivity contribution >= 4 is 29.0 Å². The van der Waals surface area contributed by atoms with E-state index in [1.807, 2.05) is 29.6 Å². The monoisotopic (exact) mass is 396 g/mol. The molecule has 0 bridgehead atoms. The van der Waals surface area contributed by atoms with Gasteiger partial charge in [-0.05, 0) is 48.0 Å². The highest BCUT2D eigenvalue weighted by Gasteiger charge is 2.12. The maximum Gasteiger partial charge on any atom is 0.248 e. The highest BCUT2D eigenvalue weighted by Crippen LogP contribution is 2.38. The Morgan fingerprint density at radius 2 is 1.71 bits per heavy atom. The number of methoxy groups -OCH3 is 3. The first-order valence-corrected chi connectivity index (χ1v) is 9.31. The number of carbonyl (C=O) groups is 1. The molecule has 0 atom stereocenters. The molecule has 6 nitrogen and oxygen atoms in total. The van der Waals surface area contributed by atoms with Gasteiger partial charge in [0.2, 0.25) is 11.7 Å². The molecule has 0 radical (unpaired) electrons. The van der Waals surface area contributed by atoms with Gasteiger partial charge in [0.1, 0.15) is 5.01 Å². The summed E-state index contributed by atoms with van der Waals surface area (Å²) in [6, 6.07) is 11.1. The molecule has 0 unspecified atom stereocenters. The number of anilines is 1. The number of nitrogens with one attached hydrogen (secondary N) is 1. The average Bonchev–Trinajstić information content (AvgIpc) is 3.26. The van der Waals surface area contributed by atoms with Crippen molar-refractivity contribution in [2.24, 2.45) is 0 Å². The molecule has 2 aromatic carbocycles. The predicted octanol–water partition coefficient (Wildman–Crippen LogP) is 4.49. The number of hydrogen-bond acceptors (Lipinski definition) is 6. The summed E-state index contributed by atoms with van der Waals surface area (Å²) in [5.41, 5.74) is 2.48. The van der Waals surface area contributed by atoms with E-state index in [1.165, 1.54) is 6.08 Å². The third-order valence-corrected chi connectivity index (χ3v) is 4.77. The highest BCUT2D eigenvalue weighted by atomic mass is 32.1. The van der Waals surface area contributed by atoms with Crippen LogP contribution in [0.1, 0.15) is 5.56 Å². The number of thiazole rings is 1. The van der Waals surface area contributed by atoms with E-state index in [1.54, 1.807) is 57.1 Å². The number of amides is 1. The topological polar surface area (TPSA) is 69.7 Å². The van der Waals surface area contributed by atoms with Gasteiger partial charge in [-0.3, -0.25) is 4.79 Å². The van der Waals surface area contributed by atoms with Crippen molar-refractivity contribution < 1.29 is 19.0 Å². The number of nitrogens with zero attached hydrogens (tertiary/aromatic N) is 1. The van der Waals surface area contributed by atoms with Gasteiger partial charge in [0.25, 0.3) is 0 Å². The number of benzene rings is 2. The van der Waals surface area contributed by atoms with E-state index < -0.39 is 0 Å². The van der Waals surface area contributed by atoms with Crippen LogP contribution in [0.4, 0.5) is 5.69 Å². The lowest BCUT2D eigenvalue weighted by molar-refractivity contribution is -0.111. The maximum absolute atomic E-state index is 12.2. The lowest BCUT2D eigenvalue weighted by atomic mass is 10.1. The Labute approximate surface area is 167 Å². The lowest BCUT2D eigenvalue weighted by Gasteiger charge is -2.12. The highest BCUT2D eigenvalue weighted by molar-refractivity contribution is 7.13. The molecule has 0 aliphatic rings. The lowest BCUT2D eigenvalue weighted by Crippen LogP contribution is -2.07. The Hall–Kier alpha value is -3.32. The molecular weight excluding hydrogens is 376 g/mol. The quantitative estimate of drug-likeness (QED) is 0.596. The second-order valence-electron chi connectivity index (χ2n) is 5.70. The van der Waals surface area contributed by atoms with Crippen molar-refractivity contribution in [1.82, 2.24) is 4.98 Å². The van der Waals surface area contributed by atoms with Crippen LogP contribution in [-0.2, 0) is 4.79 Å². The molecule has 3 aromatic rings. The third-order valence-electron chi connectivity index (χ3n) is 3.95. The van der Waals surface area contributed by atoms with Crippen LogP contribution in [0.2, 0.25) is 0 Å². The minimum atomic E-state index is -0.240. The van der Waals surface area contributed by atoms with Crippen LogP contribution in [0.15, 0.2) is 54.1 Å². The van der Waals surface area contributed by atoms with Gasteiger partial charge in [-0.15, -0.1) is 11.3 Å². The molecule has 0 saturated carbocycles. The SMILES string of the molecule is COc1cc(/C=C/C(=O)Nc2ccc(-c3nccs3)cc2)cc(OC)c1OC. The first-order valence-electron chi connectivity index (χ1n) is 8.43. The summed E-state index contributed by atoms with van der Waals surface area (Å²) in [4.78, 5) is 16.5. The zero-order valence-electron chi connectivity index (χ0n) is 15.8. The minimum absolute atomic E-state index is 0.240. The number of rotatable bonds is 7. The summed E-state index contributed by atoms with van der Waals surface area (Å²) in [6.07, 6.45) is 4.91. The Kier molecular flexibility index (Phi) is 6.29. The second-order valence-corrected chi connectivity index (χ2v) is 6.59. The Balaban J connectivity index is 1.70. The molecule has 1 amide bonds. The second kappa shape index (κ2) is 9.05. The Morgan fingerprint density at radius 1 is 1.04 bits per heavy atom. The van der Waals surface area contributed by atoms with Gasteiger partial charge >= 0.3 is 0 Å². The molecule has 0 fully saturated rings. The van der Waals surface area contributed by atoms with E-state index in [9.17, 15) is 4.79 Å². The summed E-state index contributed by atoms with van der Waals surface area (Å²) in [5.74, 6) is 1.32. The Bertz CT molecular complexity index is 942. The first-order chi connectivity index (χ1) is 13.6. The first kappa shape index (κ1) is 19.4. The summed E-state index contributed by atoms with van der Waals surface area (Å²) in [7, 11) is 4.64. The molecule has 0 saturated heterocycles. The molecule has 1 aromatic heterocycles. The Morgan fingerprint density at radius 3 is 2.25 bits per heavy atom. The summed E-state index contributed by atoms with van der Waals surface area (Å²) < 4.78 is 15.9. The number of aromatic nitrogens is 1. The molecule has 144 valence electrons. The zero-order valence-corrected chi connectivity index (χ0v) is 16.6. The molecule has 0 spiro atoms. The van der Waals surface area contributed by atoms with E-state index in [0.29, 0.717) is 22.9 Å². The average molecular weight is 396 g/mol. The standard InChI is InChI=1S/C21H20N2O4S/c1-25-17-12-14(13-18(26-2)20(17)27-3)4-9-19(24)23-16-7-5-15(6-8-16)21-22-10-11-28-21/h4-13H,1-3H3,(H,23,24)/b9-4+. The third kappa shape index (κ3) is 4.50. The van der Waals surface area contributed by atoms with E-state index in [2.05, 4.69) is 10.3 Å². The fourth-order valence-corrected chi connectivity index (χ4v) is 3.26. The van der Waals surface area contributed by atoms with Gasteiger partial charge in [0, 0.05) is 28.9 Å². The van der Waals surface area contributed by atoms with Gasteiger partial charge in [-0.2, -0.15) is 0 Å². The van der Waals surface area contributed by atoms with Crippen molar-refractivity contribution in [2.45, 2.75) is 0 Å². The van der Waals surface area contributed by atoms with Crippen molar-refractivity contribution in [3.8, 4) is 27.8 Å². The molecule has 0 aliphatic heterocycles. The predicted molar refractivity (Wildman–Crippen MR) is 111 cm³/mol. The molecule has 28 heavy (non-hydrogen) atoms. The van der Waals surface area contributed by atoms with E-state index >= 15 is 0 Å². The van der Waals surface area contributed by atoms with Crippen LogP contribution in [0, 0.1) is 0 Å². The smallest absolute Gasteiger partial charge is 0.248 e. The van der Waals surface area contributed by atoms with E-state index in [4.69, 9.17) is 14.2 Å². The molecule has 3 rings (SSSR count). The fraction of sp³-hybridized carbons (Fsp3) is 0.143. The van der Waals surface area contributed by atoms with Crippen molar-refractivity contribution in [2.75, 3.05) is 26.6 Å². The summed E-state index contributed by atoms with van der Waals surface area (Å²) >= 11 is 1.57. The number of carbonyl (C=O) groups excluding carboxylic acids is 1. The van der Waals surface area contributed by atoms with E-state index in [0.717, 1.165) is 16.1 Å². The van der Waals surface area contributed by atoms with Crippen LogP contribution in [-0.4, -0.2) is 32.2 Å². The van der Waals surface area contributed by atoms with Crippen LogP contribution < -0.4 is 19.5 Å². The van der Waals surface area contributed by atoms with Gasteiger partial charge in [0.05, 0.1) is 21.3 Å². The van der Waals surface area contributed by atoms with Crippen LogP contribution in [0.5, 0.6) is 17.2 Å². The largest absolute Gasteiger partial charge is 0.493 e. The molecule has 1 N–H and O–H groups in total. The van der Waals surface area contributed by atoms with E-state index in [-0.39, 0.29) is 5.91 Å². The molecular formula is C21H20N2O4S. The fourth-order valence-electron chi connectivity index (χ4n) is 2.62. The van der Waals surface area contributed by atoms with Crippen LogP contribution >= 0.6 is 11.3 Å². The minimum Gasteiger partial charge on any atom is -0.493 e. The molecule has 0 aliphatic carbocycles. The van der Waals surface area contributed by atoms with Gasteiger partial charge in [0.15, 0.2) is 11.5 Å². The van der Waals surface area contributed by atoms with Crippen LogP contribution in [0.25, 0.3) is 16.6 Å². The van der Waals surface area contributed by atoms with Crippen molar-refractivity contribution in [1.29, 1.82) is 0 Å². The van der Waals surface area contributed by atoms with Crippen LogP contribution in [0.3, 0.4) is 0 Å². The molecule has 7 heteroatoms. The van der Waals surface area contributed by atoms with Gasteiger partial charge in [-0.25, -0.2) is 4.98 Å². The number of hydrogen-bond donors (Lipinski definition) is 1. The van der Waals surface area contributed by atoms with Crippen molar-refractivity contribution in [3.63, 3.8) is 0 Å². The maximum atomic E-state index is 12.2.